The zero-order chi connectivity index (χ0) is 25.7. The molecule has 0 N–H and O–H groups in total. The van der Waals surface area contributed by atoms with Crippen LogP contribution in [0.1, 0.15) is 18.1 Å². The zero-order valence-electron chi connectivity index (χ0n) is 19.5. The second-order valence-electron chi connectivity index (χ2n) is 7.94. The van der Waals surface area contributed by atoms with Gasteiger partial charge in [-0.2, -0.15) is 0 Å². The Hall–Kier alpha value is -1.84. The van der Waals surface area contributed by atoms with Gasteiger partial charge < -0.3 is 19.1 Å². The van der Waals surface area contributed by atoms with Crippen molar-refractivity contribution in [3.63, 3.8) is 0 Å². The van der Waals surface area contributed by atoms with E-state index in [1.54, 1.807) is 17.0 Å². The molecule has 2 heterocycles. The number of benzene rings is 2. The quantitative estimate of drug-likeness (QED) is 0.286. The molecule has 2 aliphatic rings. The molecule has 2 saturated heterocycles. The molecule has 36 heavy (non-hydrogen) atoms. The van der Waals surface area contributed by atoms with Crippen LogP contribution in [0.25, 0.3) is 6.08 Å². The number of carbonyl (C=O) groups is 3. The molecule has 0 unspecified atom stereocenters. The minimum Gasteiger partial charge on any atom is -0.490 e. The molecule has 8 nitrogen and oxygen atoms in total. The van der Waals surface area contributed by atoms with Gasteiger partial charge in [-0.1, -0.05) is 12.1 Å². The first-order chi connectivity index (χ1) is 17.4. The van der Waals surface area contributed by atoms with Crippen LogP contribution in [0.3, 0.4) is 0 Å². The molecule has 0 aromatic heterocycles. The van der Waals surface area contributed by atoms with E-state index >= 15 is 0 Å². The molecule has 2 aliphatic heterocycles. The number of imide groups is 1. The van der Waals surface area contributed by atoms with Crippen molar-refractivity contribution >= 4 is 80.1 Å². The van der Waals surface area contributed by atoms with E-state index in [0.29, 0.717) is 56.6 Å². The average molecular weight is 734 g/mol. The van der Waals surface area contributed by atoms with Gasteiger partial charge in [-0.05, 0) is 105 Å². The summed E-state index contributed by atoms with van der Waals surface area (Å²) in [4.78, 5) is 40.9. The number of hydrogen-bond acceptors (Lipinski definition) is 7. The van der Waals surface area contributed by atoms with Crippen molar-refractivity contribution in [1.82, 2.24) is 9.80 Å². The lowest BCUT2D eigenvalue weighted by Gasteiger charge is -2.28. The minimum atomic E-state index is -0.474. The van der Waals surface area contributed by atoms with Crippen LogP contribution in [0.5, 0.6) is 11.5 Å². The van der Waals surface area contributed by atoms with Crippen LogP contribution in [-0.2, 0) is 20.9 Å². The Labute approximate surface area is 241 Å². The molecular weight excluding hydrogens is 710 g/mol. The summed E-state index contributed by atoms with van der Waals surface area (Å²) in [6, 6.07) is 11.8. The van der Waals surface area contributed by atoms with Crippen LogP contribution in [0.4, 0.5) is 4.79 Å². The summed E-state index contributed by atoms with van der Waals surface area (Å²) in [5, 5.41) is -0.454. The van der Waals surface area contributed by atoms with Crippen LogP contribution in [0.2, 0.25) is 0 Å². The summed E-state index contributed by atoms with van der Waals surface area (Å²) >= 11 is 5.27. The molecule has 0 saturated carbocycles. The molecule has 190 valence electrons. The van der Waals surface area contributed by atoms with E-state index in [9.17, 15) is 14.4 Å². The van der Waals surface area contributed by atoms with Crippen molar-refractivity contribution in [3.8, 4) is 11.5 Å². The monoisotopic (exact) mass is 734 g/mol. The first-order valence-electron chi connectivity index (χ1n) is 11.3. The largest absolute Gasteiger partial charge is 0.490 e. The van der Waals surface area contributed by atoms with Crippen LogP contribution in [0, 0.1) is 7.14 Å². The van der Waals surface area contributed by atoms with E-state index in [1.807, 2.05) is 37.3 Å². The molecule has 3 amide bonds. The fourth-order valence-corrected chi connectivity index (χ4v) is 5.63. The summed E-state index contributed by atoms with van der Waals surface area (Å²) in [5.41, 5.74) is 1.74. The molecule has 4 rings (SSSR count). The number of thioether (sulfide) groups is 1. The average Bonchev–Trinajstić information content (AvgIpc) is 3.12. The van der Waals surface area contributed by atoms with Gasteiger partial charge in [0.15, 0.2) is 11.5 Å². The SMILES string of the molecule is CCOc1cc(/C=C2/SC(=O)N(CC(=O)N3CCOCC3)C2=O)cc(I)c1OCc1ccc(I)cc1. The van der Waals surface area contributed by atoms with Gasteiger partial charge in [0.2, 0.25) is 5.91 Å². The maximum absolute atomic E-state index is 12.9. The Morgan fingerprint density at radius 1 is 1.11 bits per heavy atom. The van der Waals surface area contributed by atoms with Gasteiger partial charge in [0.05, 0.1) is 28.3 Å². The van der Waals surface area contributed by atoms with E-state index in [4.69, 9.17) is 14.2 Å². The Kier molecular flexibility index (Phi) is 9.52. The van der Waals surface area contributed by atoms with E-state index in [-0.39, 0.29) is 17.4 Å². The normalized spacial score (nSPS) is 17.1. The molecule has 0 spiro atoms. The first kappa shape index (κ1) is 27.2. The highest BCUT2D eigenvalue weighted by molar-refractivity contribution is 14.1. The number of hydrogen-bond donors (Lipinski definition) is 0. The second-order valence-corrected chi connectivity index (χ2v) is 11.3. The summed E-state index contributed by atoms with van der Waals surface area (Å²) in [6.45, 7) is 4.29. The number of halogens is 2. The molecule has 2 aromatic carbocycles. The molecule has 2 aromatic rings. The van der Waals surface area contributed by atoms with Crippen molar-refractivity contribution in [3.05, 3.63) is 59.6 Å². The highest BCUT2D eigenvalue weighted by atomic mass is 127. The van der Waals surface area contributed by atoms with Gasteiger partial charge in [-0.25, -0.2) is 0 Å². The third-order valence-corrected chi connectivity index (χ3v) is 7.88. The highest BCUT2D eigenvalue weighted by Crippen LogP contribution is 2.38. The summed E-state index contributed by atoms with van der Waals surface area (Å²) in [6.07, 6.45) is 1.65. The third kappa shape index (κ3) is 6.72. The lowest BCUT2D eigenvalue weighted by Crippen LogP contribution is -2.46. The number of amides is 3. The predicted octanol–water partition coefficient (Wildman–Crippen LogP) is 4.77. The fourth-order valence-electron chi connectivity index (χ4n) is 3.65. The molecule has 2 fully saturated rings. The smallest absolute Gasteiger partial charge is 0.294 e. The third-order valence-electron chi connectivity index (χ3n) is 5.46. The van der Waals surface area contributed by atoms with E-state index in [1.165, 1.54) is 0 Å². The lowest BCUT2D eigenvalue weighted by molar-refractivity contribution is -0.139. The van der Waals surface area contributed by atoms with Gasteiger partial charge in [0.1, 0.15) is 13.2 Å². The maximum atomic E-state index is 12.9. The van der Waals surface area contributed by atoms with Gasteiger partial charge in [0, 0.05) is 16.7 Å². The summed E-state index contributed by atoms with van der Waals surface area (Å²) < 4.78 is 19.1. The van der Waals surface area contributed by atoms with E-state index in [2.05, 4.69) is 45.2 Å². The van der Waals surface area contributed by atoms with Gasteiger partial charge in [-0.3, -0.25) is 19.3 Å². The van der Waals surface area contributed by atoms with Crippen molar-refractivity contribution < 1.29 is 28.6 Å². The van der Waals surface area contributed by atoms with Crippen molar-refractivity contribution in [2.75, 3.05) is 39.5 Å². The van der Waals surface area contributed by atoms with Crippen molar-refractivity contribution in [1.29, 1.82) is 0 Å². The first-order valence-corrected chi connectivity index (χ1v) is 14.3. The topological polar surface area (TPSA) is 85.4 Å². The van der Waals surface area contributed by atoms with Gasteiger partial charge in [-0.15, -0.1) is 0 Å². The number of nitrogens with zero attached hydrogens (tertiary/aromatic N) is 2. The minimum absolute atomic E-state index is 0.260. The Bertz CT molecular complexity index is 1180. The maximum Gasteiger partial charge on any atom is 0.294 e. The van der Waals surface area contributed by atoms with Gasteiger partial charge >= 0.3 is 0 Å². The van der Waals surface area contributed by atoms with Gasteiger partial charge in [0.25, 0.3) is 11.1 Å². The highest BCUT2D eigenvalue weighted by Gasteiger charge is 2.37. The number of ether oxygens (including phenoxy) is 3. The number of morpholine rings is 1. The lowest BCUT2D eigenvalue weighted by atomic mass is 10.1. The Morgan fingerprint density at radius 3 is 2.53 bits per heavy atom. The predicted molar refractivity (Wildman–Crippen MR) is 154 cm³/mol. The fraction of sp³-hybridized carbons (Fsp3) is 0.320. The zero-order valence-corrected chi connectivity index (χ0v) is 24.6. The Morgan fingerprint density at radius 2 is 1.83 bits per heavy atom. The summed E-state index contributed by atoms with van der Waals surface area (Å²) in [5.74, 6) is 0.448. The Balaban J connectivity index is 1.50. The van der Waals surface area contributed by atoms with E-state index in [0.717, 1.165) is 29.4 Å². The number of rotatable bonds is 8. The standard InChI is InChI=1S/C25H24I2N2O6S/c1-2-34-20-12-17(11-19(27)23(20)35-15-16-3-5-18(26)6-4-16)13-21-24(31)29(25(32)36-21)14-22(30)28-7-9-33-10-8-28/h3-6,11-13H,2,7-10,14-15H2,1H3/b21-13+. The van der Waals surface area contributed by atoms with Crippen LogP contribution < -0.4 is 9.47 Å². The summed E-state index contributed by atoms with van der Waals surface area (Å²) in [7, 11) is 0. The number of carbonyl (C=O) groups excluding carboxylic acids is 3. The van der Waals surface area contributed by atoms with Crippen molar-refractivity contribution in [2.45, 2.75) is 13.5 Å². The molecule has 0 aliphatic carbocycles. The van der Waals surface area contributed by atoms with Crippen LogP contribution in [-0.4, -0.2) is 66.3 Å². The van der Waals surface area contributed by atoms with E-state index < -0.39 is 11.1 Å². The van der Waals surface area contributed by atoms with Crippen LogP contribution >= 0.6 is 56.9 Å². The molecule has 0 bridgehead atoms. The van der Waals surface area contributed by atoms with Crippen LogP contribution in [0.15, 0.2) is 41.3 Å². The molecule has 11 heteroatoms. The molecule has 0 atom stereocenters. The molecule has 0 radical (unpaired) electrons. The second kappa shape index (κ2) is 12.6. The molecular formula is C25H24I2N2O6S. The van der Waals surface area contributed by atoms with Crippen molar-refractivity contribution in [2.24, 2.45) is 0 Å².